The Morgan fingerprint density at radius 2 is 1.92 bits per heavy atom. The normalized spacial score (nSPS) is 16.7. The largest absolute Gasteiger partial charge is 0.534 e. The third kappa shape index (κ3) is 6.53. The van der Waals surface area contributed by atoms with Crippen LogP contribution in [0.3, 0.4) is 0 Å². The lowest BCUT2D eigenvalue weighted by atomic mass is 10.1. The molecule has 3 aromatic rings. The lowest BCUT2D eigenvalue weighted by molar-refractivity contribution is -0.0500. The van der Waals surface area contributed by atoms with E-state index < -0.39 is 41.6 Å². The smallest absolute Gasteiger partial charge is 0.465 e. The third-order valence-corrected chi connectivity index (χ3v) is 9.02. The Kier molecular flexibility index (Phi) is 7.96. The summed E-state index contributed by atoms with van der Waals surface area (Å²) >= 11 is 0. The van der Waals surface area contributed by atoms with Crippen molar-refractivity contribution in [3.8, 4) is 17.0 Å². The second-order valence-electron chi connectivity index (χ2n) is 10.5. The number of carboxylic acid groups (broad SMARTS) is 1. The summed E-state index contributed by atoms with van der Waals surface area (Å²) < 4.78 is 72.8. The van der Waals surface area contributed by atoms with Crippen LogP contribution in [0.4, 0.5) is 18.0 Å². The molecule has 0 radical (unpaired) electrons. The maximum Gasteiger partial charge on any atom is 0.534 e. The van der Waals surface area contributed by atoms with E-state index in [1.54, 1.807) is 12.3 Å². The lowest BCUT2D eigenvalue weighted by Crippen LogP contribution is -2.31. The molecule has 10 nitrogen and oxygen atoms in total. The van der Waals surface area contributed by atoms with E-state index in [1.165, 1.54) is 17.2 Å². The fourth-order valence-electron chi connectivity index (χ4n) is 4.29. The van der Waals surface area contributed by atoms with Crippen molar-refractivity contribution in [3.63, 3.8) is 0 Å². The molecule has 1 fully saturated rings. The van der Waals surface area contributed by atoms with Crippen LogP contribution in [-0.4, -0.2) is 65.8 Å². The number of rotatable bonds is 9. The van der Waals surface area contributed by atoms with Crippen LogP contribution in [0.15, 0.2) is 36.7 Å². The third-order valence-electron chi connectivity index (χ3n) is 6.34. The fraction of sp³-hybridized carbons (Fsp3) is 0.458. The van der Waals surface area contributed by atoms with E-state index in [9.17, 15) is 31.5 Å². The maximum absolute atomic E-state index is 12.7. The first-order chi connectivity index (χ1) is 18.2. The molecular weight excluding hydrogens is 557 g/mol. The summed E-state index contributed by atoms with van der Waals surface area (Å²) in [5, 5.41) is 10.2. The number of pyridine rings is 1. The first-order valence-corrected chi connectivity index (χ1v) is 17.3. The number of carbonyl (C=O) groups is 1. The molecule has 4 rings (SSSR count). The Hall–Kier alpha value is -3.17. The molecule has 1 aliphatic heterocycles. The number of imidazole rings is 1. The van der Waals surface area contributed by atoms with E-state index >= 15 is 0 Å². The van der Waals surface area contributed by atoms with Crippen LogP contribution < -0.4 is 4.18 Å². The Bertz CT molecular complexity index is 1470. The van der Waals surface area contributed by atoms with Crippen LogP contribution in [-0.2, 0) is 21.6 Å². The van der Waals surface area contributed by atoms with Gasteiger partial charge in [-0.3, -0.25) is 9.88 Å². The van der Waals surface area contributed by atoms with Crippen molar-refractivity contribution in [2.75, 3.05) is 13.2 Å². The number of hydrogen-bond donors (Lipinski definition) is 1. The monoisotopic (exact) mass is 586 g/mol. The minimum atomic E-state index is -5.81. The summed E-state index contributed by atoms with van der Waals surface area (Å²) in [5.41, 5.74) is -4.09. The molecule has 0 bridgehead atoms. The van der Waals surface area contributed by atoms with E-state index in [2.05, 4.69) is 33.8 Å². The van der Waals surface area contributed by atoms with Crippen LogP contribution in [0.5, 0.6) is 5.75 Å². The summed E-state index contributed by atoms with van der Waals surface area (Å²) in [5.74, 6) is 0.0392. The van der Waals surface area contributed by atoms with Crippen molar-refractivity contribution in [1.82, 2.24) is 19.4 Å². The van der Waals surface area contributed by atoms with Gasteiger partial charge in [0.15, 0.2) is 0 Å². The average molecular weight is 587 g/mol. The molecule has 1 saturated heterocycles. The van der Waals surface area contributed by atoms with Gasteiger partial charge in [-0.1, -0.05) is 19.6 Å². The average Bonchev–Trinajstić information content (AvgIpc) is 3.47. The molecule has 1 atom stereocenters. The molecule has 1 aromatic carbocycles. The molecular formula is C24H29F3N4O6SSi. The van der Waals surface area contributed by atoms with Crippen LogP contribution in [0.2, 0.25) is 25.7 Å². The highest BCUT2D eigenvalue weighted by atomic mass is 32.2. The van der Waals surface area contributed by atoms with Crippen molar-refractivity contribution >= 4 is 35.2 Å². The summed E-state index contributed by atoms with van der Waals surface area (Å²) in [6.07, 6.45) is 3.41. The highest BCUT2D eigenvalue weighted by molar-refractivity contribution is 7.88. The van der Waals surface area contributed by atoms with Crippen LogP contribution in [0, 0.1) is 0 Å². The highest BCUT2D eigenvalue weighted by Crippen LogP contribution is 2.35. The van der Waals surface area contributed by atoms with Gasteiger partial charge in [0.2, 0.25) is 0 Å². The van der Waals surface area contributed by atoms with Crippen molar-refractivity contribution in [2.24, 2.45) is 0 Å². The van der Waals surface area contributed by atoms with Gasteiger partial charge in [-0.05, 0) is 37.1 Å². The van der Waals surface area contributed by atoms with Gasteiger partial charge in [-0.15, -0.1) is 0 Å². The molecule has 1 N–H and O–H groups in total. The standard InChI is InChI=1S/C24H29F3N4O6SSi/c1-39(2,3)10-9-36-15-31-21(14-29-22(31)20-5-4-8-30(20)23(32)33)17-11-16-6-7-18(12-19(16)28-13-17)37-38(34,35)24(25,26)27/h6-7,11-14,20H,4-5,8-10,15H2,1-3H3,(H,32,33)/t20-/m0/s1. The van der Waals surface area contributed by atoms with E-state index in [0.717, 1.165) is 18.2 Å². The number of aromatic nitrogens is 3. The minimum absolute atomic E-state index is 0.152. The van der Waals surface area contributed by atoms with Gasteiger partial charge in [-0.25, -0.2) is 9.78 Å². The first kappa shape index (κ1) is 28.8. The molecule has 2 aromatic heterocycles. The highest BCUT2D eigenvalue weighted by Gasteiger charge is 2.48. The van der Waals surface area contributed by atoms with Gasteiger partial charge in [-0.2, -0.15) is 21.6 Å². The van der Waals surface area contributed by atoms with Gasteiger partial charge in [0, 0.05) is 44.4 Å². The summed E-state index contributed by atoms with van der Waals surface area (Å²) in [4.78, 5) is 22.0. The number of amides is 1. The number of halogens is 3. The number of likely N-dealkylation sites (tertiary alicyclic amines) is 1. The SMILES string of the molecule is C[Si](C)(C)CCOCn1c(-c2cnc3cc(OS(=O)(=O)C(F)(F)F)ccc3c2)cnc1[C@@H]1CCCN1C(=O)O. The van der Waals surface area contributed by atoms with Crippen LogP contribution in [0.1, 0.15) is 24.7 Å². The predicted molar refractivity (Wildman–Crippen MR) is 139 cm³/mol. The van der Waals surface area contributed by atoms with Gasteiger partial charge in [0.25, 0.3) is 0 Å². The van der Waals surface area contributed by atoms with Crippen LogP contribution in [0.25, 0.3) is 22.2 Å². The molecule has 39 heavy (non-hydrogen) atoms. The number of hydrogen-bond acceptors (Lipinski definition) is 7. The Morgan fingerprint density at radius 1 is 1.18 bits per heavy atom. The Labute approximate surface area is 224 Å². The second kappa shape index (κ2) is 10.8. The quantitative estimate of drug-likeness (QED) is 0.152. The molecule has 0 saturated carbocycles. The van der Waals surface area contributed by atoms with Crippen molar-refractivity contribution in [1.29, 1.82) is 0 Å². The predicted octanol–water partition coefficient (Wildman–Crippen LogP) is 5.45. The molecule has 1 aliphatic rings. The zero-order valence-corrected chi connectivity index (χ0v) is 23.4. The molecule has 212 valence electrons. The molecule has 3 heterocycles. The van der Waals surface area contributed by atoms with Crippen molar-refractivity contribution in [2.45, 2.75) is 56.8 Å². The van der Waals surface area contributed by atoms with Crippen LogP contribution >= 0.6 is 0 Å². The van der Waals surface area contributed by atoms with Gasteiger partial charge < -0.3 is 18.6 Å². The number of alkyl halides is 3. The summed E-state index contributed by atoms with van der Waals surface area (Å²) in [6, 6.07) is 5.87. The lowest BCUT2D eigenvalue weighted by Gasteiger charge is -2.23. The number of benzene rings is 1. The van der Waals surface area contributed by atoms with Gasteiger partial charge >= 0.3 is 21.7 Å². The van der Waals surface area contributed by atoms with E-state index in [-0.39, 0.29) is 12.2 Å². The van der Waals surface area contributed by atoms with Gasteiger partial charge in [0.1, 0.15) is 18.3 Å². The number of ether oxygens (including phenoxy) is 1. The van der Waals surface area contributed by atoms with E-state index in [4.69, 9.17) is 4.74 Å². The minimum Gasteiger partial charge on any atom is -0.465 e. The number of fused-ring (bicyclic) bond motifs is 1. The van der Waals surface area contributed by atoms with E-state index in [0.29, 0.717) is 48.5 Å². The first-order valence-electron chi connectivity index (χ1n) is 12.2. The topological polar surface area (TPSA) is 124 Å². The number of nitrogens with zero attached hydrogens (tertiary/aromatic N) is 4. The summed E-state index contributed by atoms with van der Waals surface area (Å²) in [6.45, 7) is 7.82. The van der Waals surface area contributed by atoms with Crippen molar-refractivity contribution in [3.05, 3.63) is 42.5 Å². The van der Waals surface area contributed by atoms with E-state index in [1.807, 2.05) is 4.57 Å². The van der Waals surface area contributed by atoms with Gasteiger partial charge in [0.05, 0.1) is 23.4 Å². The zero-order valence-electron chi connectivity index (χ0n) is 21.6. The molecule has 15 heteroatoms. The Morgan fingerprint density at radius 3 is 2.59 bits per heavy atom. The summed E-state index contributed by atoms with van der Waals surface area (Å²) in [7, 11) is -7.15. The molecule has 0 aliphatic carbocycles. The molecule has 0 unspecified atom stereocenters. The van der Waals surface area contributed by atoms with Crippen molar-refractivity contribution < 1.29 is 40.4 Å². The Balaban J connectivity index is 1.66. The molecule has 1 amide bonds. The fourth-order valence-corrected chi connectivity index (χ4v) is 5.50. The second-order valence-corrected chi connectivity index (χ2v) is 17.6. The zero-order chi connectivity index (χ0) is 28.6. The molecule has 0 spiro atoms. The maximum atomic E-state index is 12.7.